The first-order chi connectivity index (χ1) is 3.12. The van der Waals surface area contributed by atoms with Gasteiger partial charge in [-0.25, -0.2) is 0 Å². The normalized spacial score (nSPS) is 11.9. The van der Waals surface area contributed by atoms with E-state index in [1.807, 2.05) is 0 Å². The van der Waals surface area contributed by atoms with Crippen LogP contribution in [0.4, 0.5) is 0 Å². The quantitative estimate of drug-likeness (QED) is 0.481. The van der Waals surface area contributed by atoms with Crippen LogP contribution in [0.3, 0.4) is 0 Å². The van der Waals surface area contributed by atoms with Crippen LogP contribution in [0.25, 0.3) is 0 Å². The van der Waals surface area contributed by atoms with E-state index < -0.39 is 4.73 Å². The molecule has 0 saturated heterocycles. The van der Waals surface area contributed by atoms with Crippen molar-refractivity contribution in [3.05, 3.63) is 0 Å². The predicted molar refractivity (Wildman–Crippen MR) is 41.1 cm³/mol. The fourth-order valence-electron chi connectivity index (χ4n) is 0.224. The van der Waals surface area contributed by atoms with E-state index in [1.165, 1.54) is 12.3 Å². The molecule has 1 radical (unpaired) electrons. The van der Waals surface area contributed by atoms with E-state index in [-0.39, 0.29) is 0 Å². The molecule has 0 nitrogen and oxygen atoms in total. The Labute approximate surface area is 58.5 Å². The van der Waals surface area contributed by atoms with Crippen LogP contribution in [0.2, 0.25) is 0 Å². The van der Waals surface area contributed by atoms with Gasteiger partial charge in [-0.3, -0.25) is 0 Å². The number of hydrogen-bond donors (Lipinski definition) is 0. The van der Waals surface area contributed by atoms with Gasteiger partial charge in [-0.05, 0) is 0 Å². The molecule has 0 aromatic carbocycles. The van der Waals surface area contributed by atoms with Crippen molar-refractivity contribution < 1.29 is 0 Å². The Bertz CT molecular complexity index is 83.7. The summed E-state index contributed by atoms with van der Waals surface area (Å²) in [6, 6.07) is 0. The first-order valence-corrected chi connectivity index (χ1v) is 7.80. The molecular formula is C4H10PSSe. The van der Waals surface area contributed by atoms with Gasteiger partial charge in [0.05, 0.1) is 0 Å². The SMILES string of the molecule is CCP(=S)([Se])CC. The van der Waals surface area contributed by atoms with Crippen molar-refractivity contribution in [1.29, 1.82) is 0 Å². The fraction of sp³-hybridized carbons (Fsp3) is 1.00. The first-order valence-electron chi connectivity index (χ1n) is 2.41. The van der Waals surface area contributed by atoms with Crippen LogP contribution in [0.5, 0.6) is 0 Å². The van der Waals surface area contributed by atoms with Gasteiger partial charge in [0.15, 0.2) is 0 Å². The van der Waals surface area contributed by atoms with Crippen LogP contribution in [0, 0.1) is 0 Å². The number of rotatable bonds is 2. The molecule has 7 heavy (non-hydrogen) atoms. The molecule has 0 saturated carbocycles. The van der Waals surface area contributed by atoms with E-state index in [9.17, 15) is 0 Å². The second kappa shape index (κ2) is 3.25. The fourth-order valence-corrected chi connectivity index (χ4v) is 0.671. The van der Waals surface area contributed by atoms with Crippen molar-refractivity contribution >= 4 is 32.1 Å². The number of hydrogen-bond acceptors (Lipinski definition) is 1. The van der Waals surface area contributed by atoms with E-state index in [2.05, 4.69) is 29.4 Å². The van der Waals surface area contributed by atoms with E-state index in [1.54, 1.807) is 0 Å². The Balaban J connectivity index is 3.61. The maximum atomic E-state index is 5.20. The Morgan fingerprint density at radius 3 is 1.71 bits per heavy atom. The second-order valence-electron chi connectivity index (χ2n) is 1.45. The van der Waals surface area contributed by atoms with Gasteiger partial charge in [0.25, 0.3) is 0 Å². The molecule has 0 N–H and O–H groups in total. The third-order valence-corrected chi connectivity index (χ3v) is 7.69. The van der Waals surface area contributed by atoms with Gasteiger partial charge in [0.1, 0.15) is 0 Å². The van der Waals surface area contributed by atoms with Crippen molar-refractivity contribution in [2.75, 3.05) is 12.3 Å². The molecule has 0 rings (SSSR count). The zero-order chi connectivity index (χ0) is 5.91. The molecule has 0 atom stereocenters. The van der Waals surface area contributed by atoms with Crippen LogP contribution in [-0.2, 0) is 11.8 Å². The minimum absolute atomic E-state index is 0.946. The van der Waals surface area contributed by atoms with Crippen molar-refractivity contribution in [2.24, 2.45) is 0 Å². The first kappa shape index (κ1) is 8.17. The summed E-state index contributed by atoms with van der Waals surface area (Å²) in [5.41, 5.74) is 0. The Morgan fingerprint density at radius 1 is 1.43 bits per heavy atom. The average molecular weight is 200 g/mol. The zero-order valence-corrected chi connectivity index (χ0v) is 8.10. The standard InChI is InChI=1S/C4H10PSSe/c1-3-5(6,7)4-2/h3-4H2,1-2H3. The molecule has 0 aliphatic carbocycles. The molecule has 0 aliphatic rings. The summed E-state index contributed by atoms with van der Waals surface area (Å²) in [4.78, 5) is 0. The molecule has 0 aromatic rings. The predicted octanol–water partition coefficient (Wildman–Crippen LogP) is 1.59. The average Bonchev–Trinajstić information content (AvgIpc) is 1.68. The van der Waals surface area contributed by atoms with Gasteiger partial charge in [0.2, 0.25) is 0 Å². The van der Waals surface area contributed by atoms with Crippen LogP contribution < -0.4 is 0 Å². The van der Waals surface area contributed by atoms with Crippen LogP contribution in [-0.4, -0.2) is 27.9 Å². The van der Waals surface area contributed by atoms with E-state index in [0.717, 1.165) is 0 Å². The van der Waals surface area contributed by atoms with E-state index in [4.69, 9.17) is 11.8 Å². The molecule has 0 fully saturated rings. The van der Waals surface area contributed by atoms with Crippen LogP contribution in [0.1, 0.15) is 13.8 Å². The summed E-state index contributed by atoms with van der Waals surface area (Å²) in [6.07, 6.45) is 2.33. The summed E-state index contributed by atoms with van der Waals surface area (Å²) in [5, 5.41) is 0. The summed E-state index contributed by atoms with van der Waals surface area (Å²) in [6.45, 7) is 4.31. The van der Waals surface area contributed by atoms with Crippen molar-refractivity contribution in [3.8, 4) is 0 Å². The summed E-state index contributed by atoms with van der Waals surface area (Å²) >= 11 is 8.28. The summed E-state index contributed by atoms with van der Waals surface area (Å²) in [5.74, 6) is 0. The van der Waals surface area contributed by atoms with Crippen molar-refractivity contribution in [1.82, 2.24) is 0 Å². The van der Waals surface area contributed by atoms with Gasteiger partial charge in [-0.15, -0.1) is 0 Å². The van der Waals surface area contributed by atoms with Crippen LogP contribution in [0.15, 0.2) is 0 Å². The Morgan fingerprint density at radius 2 is 1.71 bits per heavy atom. The van der Waals surface area contributed by atoms with Crippen molar-refractivity contribution in [2.45, 2.75) is 13.8 Å². The van der Waals surface area contributed by atoms with Gasteiger partial charge in [-0.1, -0.05) is 0 Å². The van der Waals surface area contributed by atoms with Crippen LogP contribution >= 0.6 is 4.73 Å². The Kier molecular flexibility index (Phi) is 3.79. The van der Waals surface area contributed by atoms with E-state index in [0.29, 0.717) is 0 Å². The Hall–Kier alpha value is 1.17. The molecule has 0 heterocycles. The molecule has 0 bridgehead atoms. The minimum atomic E-state index is -0.946. The molecule has 0 aliphatic heterocycles. The molecule has 43 valence electrons. The zero-order valence-electron chi connectivity index (χ0n) is 4.68. The van der Waals surface area contributed by atoms with E-state index >= 15 is 0 Å². The molecule has 0 amide bonds. The van der Waals surface area contributed by atoms with Gasteiger partial charge in [0, 0.05) is 0 Å². The topological polar surface area (TPSA) is 0 Å². The molecule has 3 heteroatoms. The second-order valence-corrected chi connectivity index (χ2v) is 12.4. The maximum absolute atomic E-state index is 5.20. The van der Waals surface area contributed by atoms with Gasteiger partial charge in [-0.2, -0.15) is 0 Å². The molecular weight excluding hydrogens is 190 g/mol. The van der Waals surface area contributed by atoms with Gasteiger partial charge >= 0.3 is 58.3 Å². The third kappa shape index (κ3) is 3.73. The molecule has 0 unspecified atom stereocenters. The molecule has 0 aromatic heterocycles. The van der Waals surface area contributed by atoms with Crippen molar-refractivity contribution in [3.63, 3.8) is 0 Å². The third-order valence-electron chi connectivity index (χ3n) is 0.964. The summed E-state index contributed by atoms with van der Waals surface area (Å²) < 4.78 is -0.946. The van der Waals surface area contributed by atoms with Gasteiger partial charge < -0.3 is 0 Å². The monoisotopic (exact) mass is 201 g/mol. The summed E-state index contributed by atoms with van der Waals surface area (Å²) in [7, 11) is 0. The molecule has 0 spiro atoms.